The summed E-state index contributed by atoms with van der Waals surface area (Å²) in [6.45, 7) is 1.97. The lowest BCUT2D eigenvalue weighted by Crippen LogP contribution is -2.47. The van der Waals surface area contributed by atoms with Crippen LogP contribution in [0.4, 0.5) is 10.5 Å². The van der Waals surface area contributed by atoms with Gasteiger partial charge in [0.1, 0.15) is 6.54 Å². The number of nitrogens with zero attached hydrogens (tertiary/aromatic N) is 2. The van der Waals surface area contributed by atoms with Crippen LogP contribution in [-0.4, -0.2) is 35.8 Å². The number of carbonyl (C=O) groups is 3. The standard InChI is InChI=1S/C26H25N3O3/c1-2-28(22-16-10-5-11-17-22)23(30)19-29-24(31)26(27-25(29)32,21-14-8-4-9-15-21)18-20-12-6-3-7-13-20/h3-17H,2,18-19H2,1H3,(H,27,32). The Morgan fingerprint density at radius 3 is 2.03 bits per heavy atom. The van der Waals surface area contributed by atoms with Crippen molar-refractivity contribution in [1.82, 2.24) is 10.2 Å². The van der Waals surface area contributed by atoms with Gasteiger partial charge in [0.2, 0.25) is 5.91 Å². The number of urea groups is 1. The van der Waals surface area contributed by atoms with Gasteiger partial charge in [0.05, 0.1) is 0 Å². The van der Waals surface area contributed by atoms with Gasteiger partial charge in [-0.25, -0.2) is 4.79 Å². The maximum absolute atomic E-state index is 13.7. The average molecular weight is 428 g/mol. The topological polar surface area (TPSA) is 69.7 Å². The number of benzene rings is 3. The Hall–Kier alpha value is -3.93. The van der Waals surface area contributed by atoms with Gasteiger partial charge in [0, 0.05) is 18.7 Å². The van der Waals surface area contributed by atoms with Crippen LogP contribution in [-0.2, 0) is 21.5 Å². The van der Waals surface area contributed by atoms with E-state index in [0.717, 1.165) is 16.2 Å². The number of hydrogen-bond acceptors (Lipinski definition) is 3. The molecule has 1 unspecified atom stereocenters. The first-order valence-corrected chi connectivity index (χ1v) is 10.6. The van der Waals surface area contributed by atoms with Gasteiger partial charge < -0.3 is 10.2 Å². The molecule has 1 atom stereocenters. The fourth-order valence-electron chi connectivity index (χ4n) is 4.14. The molecule has 32 heavy (non-hydrogen) atoms. The van der Waals surface area contributed by atoms with E-state index in [9.17, 15) is 14.4 Å². The van der Waals surface area contributed by atoms with Crippen molar-refractivity contribution >= 4 is 23.5 Å². The molecular formula is C26H25N3O3. The SMILES string of the molecule is CCN(C(=O)CN1C(=O)NC(Cc2ccccc2)(c2ccccc2)C1=O)c1ccccc1. The second-order valence-electron chi connectivity index (χ2n) is 7.73. The molecule has 1 aliphatic heterocycles. The van der Waals surface area contributed by atoms with Crippen molar-refractivity contribution in [2.24, 2.45) is 0 Å². The Morgan fingerprint density at radius 2 is 1.44 bits per heavy atom. The molecule has 6 nitrogen and oxygen atoms in total. The predicted molar refractivity (Wildman–Crippen MR) is 123 cm³/mol. The molecule has 4 rings (SSSR count). The molecule has 0 radical (unpaired) electrons. The molecule has 162 valence electrons. The van der Waals surface area contributed by atoms with E-state index in [1.165, 1.54) is 0 Å². The molecule has 0 aliphatic carbocycles. The monoisotopic (exact) mass is 427 g/mol. The quantitative estimate of drug-likeness (QED) is 0.584. The maximum Gasteiger partial charge on any atom is 0.325 e. The molecule has 4 amide bonds. The van der Waals surface area contributed by atoms with Gasteiger partial charge in [-0.2, -0.15) is 0 Å². The highest BCUT2D eigenvalue weighted by Gasteiger charge is 2.52. The summed E-state index contributed by atoms with van der Waals surface area (Å²) in [5, 5.41) is 2.90. The van der Waals surface area contributed by atoms with Crippen molar-refractivity contribution in [3.05, 3.63) is 102 Å². The largest absolute Gasteiger partial charge is 0.325 e. The second kappa shape index (κ2) is 9.06. The fourth-order valence-corrected chi connectivity index (χ4v) is 4.14. The molecule has 1 N–H and O–H groups in total. The Labute approximate surface area is 187 Å². The molecule has 0 saturated carbocycles. The van der Waals surface area contributed by atoms with Crippen molar-refractivity contribution in [1.29, 1.82) is 0 Å². The van der Waals surface area contributed by atoms with Gasteiger partial charge in [-0.05, 0) is 30.2 Å². The summed E-state index contributed by atoms with van der Waals surface area (Å²) in [5.41, 5.74) is 1.07. The molecular weight excluding hydrogens is 402 g/mol. The molecule has 1 saturated heterocycles. The van der Waals surface area contributed by atoms with E-state index >= 15 is 0 Å². The number of para-hydroxylation sites is 1. The van der Waals surface area contributed by atoms with Crippen molar-refractivity contribution < 1.29 is 14.4 Å². The van der Waals surface area contributed by atoms with Crippen molar-refractivity contribution in [2.45, 2.75) is 18.9 Å². The molecule has 6 heteroatoms. The highest BCUT2D eigenvalue weighted by Crippen LogP contribution is 2.33. The first kappa shape index (κ1) is 21.3. The lowest BCUT2D eigenvalue weighted by molar-refractivity contribution is -0.134. The van der Waals surface area contributed by atoms with E-state index in [2.05, 4.69) is 5.32 Å². The Balaban J connectivity index is 1.64. The zero-order valence-corrected chi connectivity index (χ0v) is 17.9. The number of anilines is 1. The van der Waals surface area contributed by atoms with Crippen LogP contribution in [0.5, 0.6) is 0 Å². The normalized spacial score (nSPS) is 17.8. The summed E-state index contributed by atoms with van der Waals surface area (Å²) in [6, 6.07) is 27.4. The third-order valence-corrected chi connectivity index (χ3v) is 5.73. The predicted octanol–water partition coefficient (Wildman–Crippen LogP) is 3.73. The molecule has 1 fully saturated rings. The smallest absolute Gasteiger partial charge is 0.319 e. The first-order valence-electron chi connectivity index (χ1n) is 10.6. The third kappa shape index (κ3) is 3.99. The van der Waals surface area contributed by atoms with Crippen LogP contribution in [0, 0.1) is 0 Å². The van der Waals surface area contributed by atoms with Crippen LogP contribution in [0.15, 0.2) is 91.0 Å². The van der Waals surface area contributed by atoms with Crippen LogP contribution >= 0.6 is 0 Å². The van der Waals surface area contributed by atoms with Crippen molar-refractivity contribution in [3.8, 4) is 0 Å². The van der Waals surface area contributed by atoms with Gasteiger partial charge in [-0.3, -0.25) is 14.5 Å². The molecule has 1 heterocycles. The number of hydrogen-bond donors (Lipinski definition) is 1. The summed E-state index contributed by atoms with van der Waals surface area (Å²) < 4.78 is 0. The molecule has 1 aliphatic rings. The molecule has 3 aromatic carbocycles. The van der Waals surface area contributed by atoms with Gasteiger partial charge in [0.15, 0.2) is 5.54 Å². The van der Waals surface area contributed by atoms with Crippen LogP contribution in [0.25, 0.3) is 0 Å². The van der Waals surface area contributed by atoms with Crippen LogP contribution in [0.3, 0.4) is 0 Å². The summed E-state index contributed by atoms with van der Waals surface area (Å²) in [7, 11) is 0. The minimum Gasteiger partial charge on any atom is -0.319 e. The maximum atomic E-state index is 13.7. The van der Waals surface area contributed by atoms with Crippen molar-refractivity contribution in [3.63, 3.8) is 0 Å². The van der Waals surface area contributed by atoms with Crippen LogP contribution in [0.2, 0.25) is 0 Å². The Morgan fingerprint density at radius 1 is 0.875 bits per heavy atom. The number of amides is 4. The highest BCUT2D eigenvalue weighted by atomic mass is 16.2. The molecule has 3 aromatic rings. The number of imide groups is 1. The molecule has 0 bridgehead atoms. The lowest BCUT2D eigenvalue weighted by Gasteiger charge is -2.28. The fraction of sp³-hybridized carbons (Fsp3) is 0.192. The van der Waals surface area contributed by atoms with E-state index in [4.69, 9.17) is 0 Å². The number of likely N-dealkylation sites (N-methyl/N-ethyl adjacent to an activating group) is 1. The zero-order chi connectivity index (χ0) is 22.6. The molecule has 0 aromatic heterocycles. The minimum absolute atomic E-state index is 0.295. The minimum atomic E-state index is -1.26. The van der Waals surface area contributed by atoms with E-state index in [-0.39, 0.29) is 12.5 Å². The zero-order valence-electron chi connectivity index (χ0n) is 17.9. The first-order chi connectivity index (χ1) is 15.5. The van der Waals surface area contributed by atoms with E-state index < -0.39 is 17.5 Å². The summed E-state index contributed by atoms with van der Waals surface area (Å²) in [6.07, 6.45) is 0.295. The van der Waals surface area contributed by atoms with Gasteiger partial charge in [-0.15, -0.1) is 0 Å². The average Bonchev–Trinajstić information content (AvgIpc) is 3.06. The number of rotatable bonds is 7. The van der Waals surface area contributed by atoms with Crippen LogP contribution in [0.1, 0.15) is 18.1 Å². The van der Waals surface area contributed by atoms with Gasteiger partial charge >= 0.3 is 6.03 Å². The van der Waals surface area contributed by atoms with Crippen molar-refractivity contribution in [2.75, 3.05) is 18.0 Å². The third-order valence-electron chi connectivity index (χ3n) is 5.73. The number of carbonyl (C=O) groups excluding carboxylic acids is 3. The van der Waals surface area contributed by atoms with E-state index in [1.54, 1.807) is 4.90 Å². The summed E-state index contributed by atoms with van der Waals surface area (Å²) in [4.78, 5) is 42.3. The van der Waals surface area contributed by atoms with E-state index in [0.29, 0.717) is 18.5 Å². The number of nitrogens with one attached hydrogen (secondary N) is 1. The summed E-state index contributed by atoms with van der Waals surface area (Å²) >= 11 is 0. The molecule has 0 spiro atoms. The van der Waals surface area contributed by atoms with Gasteiger partial charge in [0.25, 0.3) is 5.91 Å². The highest BCUT2D eigenvalue weighted by molar-refractivity contribution is 6.10. The Bertz CT molecular complexity index is 1100. The van der Waals surface area contributed by atoms with Crippen LogP contribution < -0.4 is 10.2 Å². The lowest BCUT2D eigenvalue weighted by atomic mass is 9.83. The summed E-state index contributed by atoms with van der Waals surface area (Å²) in [5.74, 6) is -0.735. The van der Waals surface area contributed by atoms with E-state index in [1.807, 2.05) is 97.9 Å². The van der Waals surface area contributed by atoms with Gasteiger partial charge in [-0.1, -0.05) is 78.9 Å². The Kier molecular flexibility index (Phi) is 6.03. The second-order valence-corrected chi connectivity index (χ2v) is 7.73.